The Kier molecular flexibility index (Phi) is 8.07. The van der Waals surface area contributed by atoms with Gasteiger partial charge in [0.25, 0.3) is 0 Å². The molecule has 1 aromatic carbocycles. The fraction of sp³-hybridized carbons (Fsp3) is 0.655. The zero-order chi connectivity index (χ0) is 22.5. The van der Waals surface area contributed by atoms with E-state index in [1.165, 1.54) is 63.5 Å². The van der Waals surface area contributed by atoms with Gasteiger partial charge in [-0.05, 0) is 131 Å². The summed E-state index contributed by atoms with van der Waals surface area (Å²) < 4.78 is 34.4. The third-order valence-corrected chi connectivity index (χ3v) is 8.65. The average molecular weight is 443 g/mol. The fourth-order valence-electron chi connectivity index (χ4n) is 6.92. The molecule has 0 bridgehead atoms. The second-order valence-corrected chi connectivity index (χ2v) is 10.5. The molecule has 0 heterocycles. The maximum atomic E-state index is 14.6. The second-order valence-electron chi connectivity index (χ2n) is 10.5. The Morgan fingerprint density at radius 3 is 2.03 bits per heavy atom. The average Bonchev–Trinajstić information content (AvgIpc) is 2.81. The maximum absolute atomic E-state index is 14.6. The zero-order valence-corrected chi connectivity index (χ0v) is 19.9. The molecule has 1 nitrogen and oxygen atoms in total. The van der Waals surface area contributed by atoms with Gasteiger partial charge in [0.15, 0.2) is 17.4 Å². The molecule has 3 aliphatic carbocycles. The van der Waals surface area contributed by atoms with E-state index in [4.69, 9.17) is 4.74 Å². The van der Waals surface area contributed by atoms with Crippen LogP contribution in [0.15, 0.2) is 36.4 Å². The Hall–Kier alpha value is -1.64. The Morgan fingerprint density at radius 1 is 0.781 bits per heavy atom. The van der Waals surface area contributed by atoms with Crippen LogP contribution in [0.5, 0.6) is 5.75 Å². The molecule has 4 unspecified atom stereocenters. The van der Waals surface area contributed by atoms with Gasteiger partial charge in [0.05, 0.1) is 0 Å². The molecule has 0 spiro atoms. The van der Waals surface area contributed by atoms with Crippen LogP contribution in [0, 0.1) is 41.2 Å². The van der Waals surface area contributed by atoms with Gasteiger partial charge >= 0.3 is 0 Å². The van der Waals surface area contributed by atoms with Crippen molar-refractivity contribution in [3.05, 3.63) is 53.6 Å². The standard InChI is InChI=1S/C29H40F2O/c1-3-5-15-32-29-27(30)18-26(19-28(29)31)25-14-13-23-16-22(11-12-24(23)17-25)21-9-7-20(6-4-2)8-10-21/h3-6,18-25H,7-17H2,1-2H3/b5-3+,6-4+. The number of hydrogen-bond donors (Lipinski definition) is 0. The van der Waals surface area contributed by atoms with E-state index in [-0.39, 0.29) is 18.3 Å². The van der Waals surface area contributed by atoms with E-state index in [1.54, 1.807) is 6.08 Å². The molecule has 3 saturated carbocycles. The van der Waals surface area contributed by atoms with Crippen LogP contribution in [-0.2, 0) is 0 Å². The summed E-state index contributed by atoms with van der Waals surface area (Å²) in [4.78, 5) is 0. The molecule has 4 rings (SSSR count). The normalized spacial score (nSPS) is 33.5. The SMILES string of the molecule is C/C=C/COc1c(F)cc(C2CCC3CC(C4CCC(/C=C/C)CC4)CCC3C2)cc1F. The summed E-state index contributed by atoms with van der Waals surface area (Å²) in [6.45, 7) is 4.19. The van der Waals surface area contributed by atoms with Crippen LogP contribution in [0.3, 0.4) is 0 Å². The number of halogens is 2. The summed E-state index contributed by atoms with van der Waals surface area (Å²) in [5, 5.41) is 0. The largest absolute Gasteiger partial charge is 0.483 e. The molecule has 3 fully saturated rings. The first-order chi connectivity index (χ1) is 15.6. The highest BCUT2D eigenvalue weighted by atomic mass is 19.1. The molecule has 176 valence electrons. The Labute approximate surface area is 193 Å². The summed E-state index contributed by atoms with van der Waals surface area (Å²) >= 11 is 0. The molecule has 1 aromatic rings. The Bertz CT molecular complexity index is 782. The van der Waals surface area contributed by atoms with Gasteiger partial charge in [-0.1, -0.05) is 24.3 Å². The first-order valence-electron chi connectivity index (χ1n) is 12.9. The lowest BCUT2D eigenvalue weighted by molar-refractivity contribution is 0.0747. The second kappa shape index (κ2) is 11.0. The topological polar surface area (TPSA) is 9.23 Å². The highest BCUT2D eigenvalue weighted by Gasteiger charge is 2.39. The first kappa shape index (κ1) is 23.5. The van der Waals surface area contributed by atoms with Crippen molar-refractivity contribution in [3.8, 4) is 5.75 Å². The molecule has 0 amide bonds. The van der Waals surface area contributed by atoms with Crippen molar-refractivity contribution in [1.29, 1.82) is 0 Å². The highest BCUT2D eigenvalue weighted by Crippen LogP contribution is 2.51. The van der Waals surface area contributed by atoms with Gasteiger partial charge in [0.2, 0.25) is 0 Å². The van der Waals surface area contributed by atoms with Crippen LogP contribution in [0.2, 0.25) is 0 Å². The zero-order valence-electron chi connectivity index (χ0n) is 19.9. The van der Waals surface area contributed by atoms with Gasteiger partial charge in [0, 0.05) is 0 Å². The lowest BCUT2D eigenvalue weighted by Gasteiger charge is -2.45. The van der Waals surface area contributed by atoms with E-state index in [0.29, 0.717) is 0 Å². The Balaban J connectivity index is 1.33. The van der Waals surface area contributed by atoms with Crippen molar-refractivity contribution in [2.75, 3.05) is 6.61 Å². The van der Waals surface area contributed by atoms with Crippen LogP contribution >= 0.6 is 0 Å². The molecular weight excluding hydrogens is 402 g/mol. The van der Waals surface area contributed by atoms with Gasteiger partial charge in [-0.15, -0.1) is 0 Å². The van der Waals surface area contributed by atoms with Crippen molar-refractivity contribution >= 4 is 0 Å². The summed E-state index contributed by atoms with van der Waals surface area (Å²) in [5.41, 5.74) is 0.821. The predicted molar refractivity (Wildman–Crippen MR) is 128 cm³/mol. The van der Waals surface area contributed by atoms with Gasteiger partial charge in [-0.2, -0.15) is 0 Å². The van der Waals surface area contributed by atoms with Gasteiger partial charge in [-0.25, -0.2) is 8.78 Å². The third-order valence-electron chi connectivity index (χ3n) is 8.65. The summed E-state index contributed by atoms with van der Waals surface area (Å²) in [5.74, 6) is 3.08. The number of allylic oxidation sites excluding steroid dienone is 3. The molecule has 4 atom stereocenters. The molecule has 0 aromatic heterocycles. The van der Waals surface area contributed by atoms with Crippen molar-refractivity contribution in [2.45, 2.75) is 84.0 Å². The number of rotatable bonds is 6. The molecule has 0 saturated heterocycles. The van der Waals surface area contributed by atoms with Crippen molar-refractivity contribution in [1.82, 2.24) is 0 Å². The molecule has 32 heavy (non-hydrogen) atoms. The van der Waals surface area contributed by atoms with Crippen molar-refractivity contribution in [2.24, 2.45) is 29.6 Å². The first-order valence-corrected chi connectivity index (χ1v) is 12.9. The van der Waals surface area contributed by atoms with Crippen LogP contribution < -0.4 is 4.74 Å². The molecule has 0 radical (unpaired) electrons. The lowest BCUT2D eigenvalue weighted by Crippen LogP contribution is -2.34. The van der Waals surface area contributed by atoms with Crippen molar-refractivity contribution < 1.29 is 13.5 Å². The van der Waals surface area contributed by atoms with E-state index in [9.17, 15) is 8.78 Å². The van der Waals surface area contributed by atoms with Crippen LogP contribution in [0.25, 0.3) is 0 Å². The smallest absolute Gasteiger partial charge is 0.191 e. The Morgan fingerprint density at radius 2 is 1.38 bits per heavy atom. The minimum Gasteiger partial charge on any atom is -0.483 e. The lowest BCUT2D eigenvalue weighted by atomic mass is 9.60. The van der Waals surface area contributed by atoms with Crippen LogP contribution in [0.4, 0.5) is 8.78 Å². The molecule has 0 aliphatic heterocycles. The highest BCUT2D eigenvalue weighted by molar-refractivity contribution is 5.33. The third kappa shape index (κ3) is 5.46. The maximum Gasteiger partial charge on any atom is 0.191 e. The van der Waals surface area contributed by atoms with E-state index in [2.05, 4.69) is 19.1 Å². The summed E-state index contributed by atoms with van der Waals surface area (Å²) in [6, 6.07) is 3.04. The van der Waals surface area contributed by atoms with E-state index in [0.717, 1.165) is 48.0 Å². The molecule has 3 aliphatic rings. The van der Waals surface area contributed by atoms with Crippen LogP contribution in [-0.4, -0.2) is 6.61 Å². The van der Waals surface area contributed by atoms with Gasteiger partial charge in [-0.3, -0.25) is 0 Å². The quantitative estimate of drug-likeness (QED) is 0.401. The number of hydrogen-bond acceptors (Lipinski definition) is 1. The number of benzene rings is 1. The molecule has 3 heteroatoms. The molecular formula is C29H40F2O. The van der Waals surface area contributed by atoms with Crippen molar-refractivity contribution in [3.63, 3.8) is 0 Å². The number of ether oxygens (including phenoxy) is 1. The van der Waals surface area contributed by atoms with E-state index >= 15 is 0 Å². The minimum absolute atomic E-state index is 0.189. The van der Waals surface area contributed by atoms with Gasteiger partial charge in [0.1, 0.15) is 6.61 Å². The summed E-state index contributed by atoms with van der Waals surface area (Å²) in [7, 11) is 0. The monoisotopic (exact) mass is 442 g/mol. The summed E-state index contributed by atoms with van der Waals surface area (Å²) in [6.07, 6.45) is 21.1. The predicted octanol–water partition coefficient (Wildman–Crippen LogP) is 8.60. The fourth-order valence-corrected chi connectivity index (χ4v) is 6.92. The van der Waals surface area contributed by atoms with Crippen LogP contribution in [0.1, 0.15) is 89.5 Å². The molecule has 0 N–H and O–H groups in total. The minimum atomic E-state index is -0.566. The number of fused-ring (bicyclic) bond motifs is 1. The van der Waals surface area contributed by atoms with Gasteiger partial charge < -0.3 is 4.74 Å². The van der Waals surface area contributed by atoms with E-state index in [1.807, 2.05) is 13.0 Å². The van der Waals surface area contributed by atoms with E-state index < -0.39 is 11.6 Å².